The molecule has 2 heterocycles. The van der Waals surface area contributed by atoms with Crippen LogP contribution in [0.25, 0.3) is 11.4 Å². The van der Waals surface area contributed by atoms with Crippen LogP contribution in [0.3, 0.4) is 0 Å². The lowest BCUT2D eigenvalue weighted by Gasteiger charge is -2.17. The van der Waals surface area contributed by atoms with Gasteiger partial charge in [-0.1, -0.05) is 16.8 Å². The lowest BCUT2D eigenvalue weighted by Crippen LogP contribution is -2.25. The second-order valence-electron chi connectivity index (χ2n) is 5.96. The van der Waals surface area contributed by atoms with Crippen LogP contribution in [0.2, 0.25) is 5.02 Å². The highest BCUT2D eigenvalue weighted by Crippen LogP contribution is 2.34. The normalized spacial score (nSPS) is 17.1. The summed E-state index contributed by atoms with van der Waals surface area (Å²) in [4.78, 5) is 17.9. The van der Waals surface area contributed by atoms with Gasteiger partial charge < -0.3 is 9.42 Å². The van der Waals surface area contributed by atoms with Crippen molar-refractivity contribution in [1.82, 2.24) is 10.1 Å². The number of carbonyl (C=O) groups excluding carboxylic acids is 1. The molecule has 8 heteroatoms. The minimum Gasteiger partial charge on any atom is -0.339 e. The van der Waals surface area contributed by atoms with Crippen LogP contribution in [0, 0.1) is 11.6 Å². The number of benzene rings is 2. The molecule has 132 valence electrons. The van der Waals surface area contributed by atoms with Crippen LogP contribution in [0.5, 0.6) is 0 Å². The standard InChI is InChI=1S/C18H12ClF2N3O2/c19-12-3-6-14(21)15(8-12)24-9-11(7-16(24)25)18-22-17(23-26-18)10-1-4-13(20)5-2-10/h1-6,8,11H,7,9H2. The molecular weight excluding hydrogens is 364 g/mol. The fourth-order valence-corrected chi connectivity index (χ4v) is 3.08. The number of hydrogen-bond donors (Lipinski definition) is 0. The van der Waals surface area contributed by atoms with Crippen molar-refractivity contribution < 1.29 is 18.1 Å². The number of carbonyl (C=O) groups is 1. The molecule has 3 aromatic rings. The van der Waals surface area contributed by atoms with Crippen molar-refractivity contribution in [2.24, 2.45) is 0 Å². The molecule has 0 bridgehead atoms. The minimum atomic E-state index is -0.527. The SMILES string of the molecule is O=C1CC(c2nc(-c3ccc(F)cc3)no2)CN1c1cc(Cl)ccc1F. The van der Waals surface area contributed by atoms with Gasteiger partial charge in [0.05, 0.1) is 11.6 Å². The first-order chi connectivity index (χ1) is 12.5. The summed E-state index contributed by atoms with van der Waals surface area (Å²) in [6.45, 7) is 0.209. The fourth-order valence-electron chi connectivity index (χ4n) is 2.92. The Morgan fingerprint density at radius 3 is 2.69 bits per heavy atom. The third kappa shape index (κ3) is 3.06. The lowest BCUT2D eigenvalue weighted by molar-refractivity contribution is -0.117. The summed E-state index contributed by atoms with van der Waals surface area (Å²) in [6.07, 6.45) is 0.122. The third-order valence-electron chi connectivity index (χ3n) is 4.22. The van der Waals surface area contributed by atoms with Crippen LogP contribution in [0.1, 0.15) is 18.2 Å². The van der Waals surface area contributed by atoms with Crippen LogP contribution in [0.15, 0.2) is 47.0 Å². The van der Waals surface area contributed by atoms with Gasteiger partial charge in [-0.3, -0.25) is 4.79 Å². The highest BCUT2D eigenvalue weighted by atomic mass is 35.5. The Morgan fingerprint density at radius 1 is 1.15 bits per heavy atom. The molecule has 1 saturated heterocycles. The Kier molecular flexibility index (Phi) is 4.16. The summed E-state index contributed by atoms with van der Waals surface area (Å²) in [5, 5.41) is 4.22. The molecule has 1 atom stereocenters. The quantitative estimate of drug-likeness (QED) is 0.688. The summed E-state index contributed by atoms with van der Waals surface area (Å²) in [5.41, 5.74) is 0.728. The van der Waals surface area contributed by atoms with Crippen molar-refractivity contribution in [2.45, 2.75) is 12.3 Å². The number of rotatable bonds is 3. The van der Waals surface area contributed by atoms with Crippen molar-refractivity contribution in [3.8, 4) is 11.4 Å². The van der Waals surface area contributed by atoms with Crippen LogP contribution >= 0.6 is 11.6 Å². The first kappa shape index (κ1) is 16.7. The largest absolute Gasteiger partial charge is 0.339 e. The van der Waals surface area contributed by atoms with Gasteiger partial charge >= 0.3 is 0 Å². The summed E-state index contributed by atoms with van der Waals surface area (Å²) in [5.74, 6) is -0.915. The molecule has 1 amide bonds. The first-order valence-corrected chi connectivity index (χ1v) is 8.24. The second kappa shape index (κ2) is 6.49. The van der Waals surface area contributed by atoms with E-state index in [4.69, 9.17) is 16.1 Å². The van der Waals surface area contributed by atoms with E-state index in [1.54, 1.807) is 0 Å². The van der Waals surface area contributed by atoms with Gasteiger partial charge in [0.2, 0.25) is 17.6 Å². The van der Waals surface area contributed by atoms with Crippen molar-refractivity contribution >= 4 is 23.2 Å². The molecular formula is C18H12ClF2N3O2. The Balaban J connectivity index is 1.58. The average Bonchev–Trinajstić information content (AvgIpc) is 3.25. The molecule has 0 spiro atoms. The number of amides is 1. The lowest BCUT2D eigenvalue weighted by atomic mass is 10.1. The number of hydrogen-bond acceptors (Lipinski definition) is 4. The highest BCUT2D eigenvalue weighted by molar-refractivity contribution is 6.31. The Morgan fingerprint density at radius 2 is 1.92 bits per heavy atom. The van der Waals surface area contributed by atoms with Gasteiger partial charge in [-0.2, -0.15) is 4.98 Å². The predicted molar refractivity (Wildman–Crippen MR) is 90.8 cm³/mol. The summed E-state index contributed by atoms with van der Waals surface area (Å²) < 4.78 is 32.3. The number of nitrogens with zero attached hydrogens (tertiary/aromatic N) is 3. The van der Waals surface area contributed by atoms with Gasteiger partial charge in [-0.15, -0.1) is 0 Å². The third-order valence-corrected chi connectivity index (χ3v) is 4.45. The number of halogens is 3. The van der Waals surface area contributed by atoms with E-state index in [1.807, 2.05) is 0 Å². The molecule has 0 radical (unpaired) electrons. The minimum absolute atomic E-state index is 0.122. The zero-order valence-electron chi connectivity index (χ0n) is 13.3. The van der Waals surface area contributed by atoms with Crippen LogP contribution in [-0.2, 0) is 4.79 Å². The zero-order chi connectivity index (χ0) is 18.3. The van der Waals surface area contributed by atoms with Crippen molar-refractivity contribution in [2.75, 3.05) is 11.4 Å². The van der Waals surface area contributed by atoms with Gasteiger partial charge in [0.25, 0.3) is 0 Å². The molecule has 2 aromatic carbocycles. The number of aromatic nitrogens is 2. The summed E-state index contributed by atoms with van der Waals surface area (Å²) in [6, 6.07) is 9.73. The van der Waals surface area contributed by atoms with E-state index in [-0.39, 0.29) is 42.2 Å². The van der Waals surface area contributed by atoms with Crippen molar-refractivity contribution in [3.05, 3.63) is 65.0 Å². The molecule has 4 rings (SSSR count). The molecule has 0 N–H and O–H groups in total. The molecule has 1 fully saturated rings. The maximum absolute atomic E-state index is 14.0. The van der Waals surface area contributed by atoms with Gasteiger partial charge in [-0.05, 0) is 42.5 Å². The molecule has 0 saturated carbocycles. The summed E-state index contributed by atoms with van der Waals surface area (Å²) >= 11 is 5.91. The first-order valence-electron chi connectivity index (χ1n) is 7.86. The van der Waals surface area contributed by atoms with Crippen LogP contribution in [0.4, 0.5) is 14.5 Å². The van der Waals surface area contributed by atoms with E-state index in [0.717, 1.165) is 0 Å². The van der Waals surface area contributed by atoms with E-state index in [1.165, 1.54) is 47.4 Å². The van der Waals surface area contributed by atoms with E-state index in [0.29, 0.717) is 16.4 Å². The van der Waals surface area contributed by atoms with Crippen LogP contribution < -0.4 is 4.90 Å². The number of anilines is 1. The van der Waals surface area contributed by atoms with E-state index >= 15 is 0 Å². The van der Waals surface area contributed by atoms with Gasteiger partial charge in [0.1, 0.15) is 11.6 Å². The highest BCUT2D eigenvalue weighted by Gasteiger charge is 2.36. The topological polar surface area (TPSA) is 59.2 Å². The van der Waals surface area contributed by atoms with Gasteiger partial charge in [0, 0.05) is 23.6 Å². The van der Waals surface area contributed by atoms with Crippen molar-refractivity contribution in [3.63, 3.8) is 0 Å². The smallest absolute Gasteiger partial charge is 0.232 e. The Labute approximate surface area is 152 Å². The monoisotopic (exact) mass is 375 g/mol. The molecule has 26 heavy (non-hydrogen) atoms. The molecule has 1 aliphatic heterocycles. The molecule has 1 unspecified atom stereocenters. The molecule has 0 aliphatic carbocycles. The van der Waals surface area contributed by atoms with Gasteiger partial charge in [0.15, 0.2) is 0 Å². The van der Waals surface area contributed by atoms with E-state index in [9.17, 15) is 13.6 Å². The Bertz CT molecular complexity index is 975. The predicted octanol–water partition coefficient (Wildman–Crippen LogP) is 4.19. The summed E-state index contributed by atoms with van der Waals surface area (Å²) in [7, 11) is 0. The fraction of sp³-hybridized carbons (Fsp3) is 0.167. The molecule has 1 aromatic heterocycles. The maximum atomic E-state index is 14.0. The average molecular weight is 376 g/mol. The van der Waals surface area contributed by atoms with E-state index < -0.39 is 5.82 Å². The van der Waals surface area contributed by atoms with Crippen LogP contribution in [-0.4, -0.2) is 22.6 Å². The van der Waals surface area contributed by atoms with Gasteiger partial charge in [-0.25, -0.2) is 8.78 Å². The molecule has 1 aliphatic rings. The maximum Gasteiger partial charge on any atom is 0.232 e. The second-order valence-corrected chi connectivity index (χ2v) is 6.40. The Hall–Kier alpha value is -2.80. The zero-order valence-corrected chi connectivity index (χ0v) is 14.1. The van der Waals surface area contributed by atoms with E-state index in [2.05, 4.69) is 10.1 Å². The van der Waals surface area contributed by atoms with Crippen molar-refractivity contribution in [1.29, 1.82) is 0 Å². The molecule has 5 nitrogen and oxygen atoms in total.